The van der Waals surface area contributed by atoms with Crippen LogP contribution >= 0.6 is 11.6 Å². The van der Waals surface area contributed by atoms with Crippen molar-refractivity contribution in [2.45, 2.75) is 39.8 Å². The minimum absolute atomic E-state index is 0.154. The molecule has 0 saturated heterocycles. The number of nitrogens with one attached hydrogen (secondary N) is 1. The molecule has 1 N–H and O–H groups in total. The molecule has 4 heteroatoms. The van der Waals surface area contributed by atoms with Gasteiger partial charge in [-0.3, -0.25) is 4.79 Å². The maximum atomic E-state index is 12.6. The van der Waals surface area contributed by atoms with Crippen LogP contribution < -0.4 is 5.32 Å². The lowest BCUT2D eigenvalue weighted by atomic mass is 10.1. The van der Waals surface area contributed by atoms with Gasteiger partial charge in [0.15, 0.2) is 0 Å². The Kier molecular flexibility index (Phi) is 6.68. The SMILES string of the molecule is Cc1c(Cl)cccc1NCCC(=O)N(Cc1ccccc1)C(C)C. The molecule has 3 nitrogen and oxygen atoms in total. The number of amides is 1. The van der Waals surface area contributed by atoms with E-state index >= 15 is 0 Å². The Morgan fingerprint density at radius 1 is 1.12 bits per heavy atom. The Morgan fingerprint density at radius 2 is 1.83 bits per heavy atom. The van der Waals surface area contributed by atoms with Gasteiger partial charge in [-0.25, -0.2) is 0 Å². The van der Waals surface area contributed by atoms with Gasteiger partial charge in [-0.2, -0.15) is 0 Å². The van der Waals surface area contributed by atoms with Crippen LogP contribution in [-0.2, 0) is 11.3 Å². The smallest absolute Gasteiger partial charge is 0.224 e. The van der Waals surface area contributed by atoms with E-state index in [-0.39, 0.29) is 11.9 Å². The number of carbonyl (C=O) groups is 1. The number of hydrogen-bond acceptors (Lipinski definition) is 2. The zero-order valence-electron chi connectivity index (χ0n) is 14.6. The van der Waals surface area contributed by atoms with Crippen LogP contribution in [0.1, 0.15) is 31.4 Å². The van der Waals surface area contributed by atoms with Crippen molar-refractivity contribution < 1.29 is 4.79 Å². The highest BCUT2D eigenvalue weighted by molar-refractivity contribution is 6.31. The maximum absolute atomic E-state index is 12.6. The molecule has 2 aromatic rings. The predicted molar refractivity (Wildman–Crippen MR) is 101 cm³/mol. The van der Waals surface area contributed by atoms with Gasteiger partial charge >= 0.3 is 0 Å². The minimum Gasteiger partial charge on any atom is -0.384 e. The second-order valence-electron chi connectivity index (χ2n) is 6.19. The molecule has 128 valence electrons. The number of benzene rings is 2. The fourth-order valence-corrected chi connectivity index (χ4v) is 2.76. The molecule has 0 fully saturated rings. The van der Waals surface area contributed by atoms with E-state index < -0.39 is 0 Å². The third-order valence-corrected chi connectivity index (χ3v) is 4.47. The molecule has 0 aliphatic heterocycles. The number of hydrogen-bond donors (Lipinski definition) is 1. The lowest BCUT2D eigenvalue weighted by molar-refractivity contribution is -0.133. The van der Waals surface area contributed by atoms with E-state index in [2.05, 4.69) is 31.3 Å². The Labute approximate surface area is 149 Å². The molecule has 0 spiro atoms. The zero-order chi connectivity index (χ0) is 17.5. The Balaban J connectivity index is 1.92. The average Bonchev–Trinajstić information content (AvgIpc) is 2.57. The molecule has 0 aliphatic carbocycles. The topological polar surface area (TPSA) is 32.3 Å². The third kappa shape index (κ3) is 5.00. The molecular weight excluding hydrogens is 320 g/mol. The first-order valence-electron chi connectivity index (χ1n) is 8.31. The van der Waals surface area contributed by atoms with Gasteiger partial charge in [-0.1, -0.05) is 48.0 Å². The first-order valence-corrected chi connectivity index (χ1v) is 8.69. The summed E-state index contributed by atoms with van der Waals surface area (Å²) < 4.78 is 0. The summed E-state index contributed by atoms with van der Waals surface area (Å²) in [6, 6.07) is 16.0. The van der Waals surface area contributed by atoms with Gasteiger partial charge in [-0.05, 0) is 44.0 Å². The molecule has 0 heterocycles. The van der Waals surface area contributed by atoms with Crippen molar-refractivity contribution in [3.63, 3.8) is 0 Å². The van der Waals surface area contributed by atoms with Crippen molar-refractivity contribution in [2.75, 3.05) is 11.9 Å². The van der Waals surface area contributed by atoms with Gasteiger partial charge in [0.25, 0.3) is 0 Å². The van der Waals surface area contributed by atoms with Gasteiger partial charge in [0.1, 0.15) is 0 Å². The summed E-state index contributed by atoms with van der Waals surface area (Å²) in [6.07, 6.45) is 0.455. The molecule has 0 bridgehead atoms. The average molecular weight is 345 g/mol. The van der Waals surface area contributed by atoms with E-state index in [0.717, 1.165) is 21.8 Å². The number of anilines is 1. The molecule has 0 radical (unpaired) electrons. The standard InChI is InChI=1S/C20H25ClN2O/c1-15(2)23(14-17-8-5-4-6-9-17)20(24)12-13-22-19-11-7-10-18(21)16(19)3/h4-11,15,22H,12-14H2,1-3H3. The van der Waals surface area contributed by atoms with Gasteiger partial charge in [-0.15, -0.1) is 0 Å². The van der Waals surface area contributed by atoms with Crippen molar-refractivity contribution in [3.05, 3.63) is 64.7 Å². The van der Waals surface area contributed by atoms with Crippen LogP contribution in [0.3, 0.4) is 0 Å². The quantitative estimate of drug-likeness (QED) is 0.775. The molecule has 0 aromatic heterocycles. The summed E-state index contributed by atoms with van der Waals surface area (Å²) in [7, 11) is 0. The van der Waals surface area contributed by atoms with Crippen molar-refractivity contribution in [3.8, 4) is 0 Å². The number of halogens is 1. The minimum atomic E-state index is 0.154. The van der Waals surface area contributed by atoms with E-state index in [4.69, 9.17) is 11.6 Å². The first-order chi connectivity index (χ1) is 11.5. The summed E-state index contributed by atoms with van der Waals surface area (Å²) in [5.74, 6) is 0.154. The number of nitrogens with zero attached hydrogens (tertiary/aromatic N) is 1. The molecule has 0 unspecified atom stereocenters. The molecule has 2 aromatic carbocycles. The van der Waals surface area contributed by atoms with Gasteiger partial charge < -0.3 is 10.2 Å². The number of carbonyl (C=O) groups excluding carboxylic acids is 1. The monoisotopic (exact) mass is 344 g/mol. The summed E-state index contributed by atoms with van der Waals surface area (Å²) in [5.41, 5.74) is 3.14. The van der Waals surface area contributed by atoms with E-state index in [1.807, 2.05) is 48.2 Å². The van der Waals surface area contributed by atoms with Crippen molar-refractivity contribution in [2.24, 2.45) is 0 Å². The van der Waals surface area contributed by atoms with Crippen LogP contribution in [0.5, 0.6) is 0 Å². The number of rotatable bonds is 7. The molecule has 24 heavy (non-hydrogen) atoms. The maximum Gasteiger partial charge on any atom is 0.224 e. The summed E-state index contributed by atoms with van der Waals surface area (Å²) in [4.78, 5) is 14.5. The Morgan fingerprint density at radius 3 is 2.50 bits per heavy atom. The lowest BCUT2D eigenvalue weighted by Crippen LogP contribution is -2.37. The summed E-state index contributed by atoms with van der Waals surface area (Å²) in [6.45, 7) is 7.32. The van der Waals surface area contributed by atoms with E-state index in [1.165, 1.54) is 0 Å². The van der Waals surface area contributed by atoms with Crippen molar-refractivity contribution in [1.29, 1.82) is 0 Å². The van der Waals surface area contributed by atoms with Crippen LogP contribution in [0.15, 0.2) is 48.5 Å². The van der Waals surface area contributed by atoms with Crippen molar-refractivity contribution in [1.82, 2.24) is 4.90 Å². The molecule has 0 atom stereocenters. The molecule has 0 aliphatic rings. The highest BCUT2D eigenvalue weighted by atomic mass is 35.5. The summed E-state index contributed by atoms with van der Waals surface area (Å²) >= 11 is 6.12. The largest absolute Gasteiger partial charge is 0.384 e. The van der Waals surface area contributed by atoms with E-state index in [9.17, 15) is 4.79 Å². The van der Waals surface area contributed by atoms with E-state index in [1.54, 1.807) is 0 Å². The molecule has 1 amide bonds. The summed E-state index contributed by atoms with van der Waals surface area (Å²) in [5, 5.41) is 4.05. The fraction of sp³-hybridized carbons (Fsp3) is 0.350. The molecular formula is C20H25ClN2O. The Bertz CT molecular complexity index is 671. The normalized spacial score (nSPS) is 10.7. The van der Waals surface area contributed by atoms with Crippen LogP contribution in [-0.4, -0.2) is 23.4 Å². The highest BCUT2D eigenvalue weighted by Gasteiger charge is 2.17. The molecule has 2 rings (SSSR count). The predicted octanol–water partition coefficient (Wildman–Crippen LogP) is 4.89. The van der Waals surface area contributed by atoms with Crippen LogP contribution in [0.4, 0.5) is 5.69 Å². The second-order valence-corrected chi connectivity index (χ2v) is 6.60. The van der Waals surface area contributed by atoms with Gasteiger partial charge in [0, 0.05) is 36.3 Å². The Hall–Kier alpha value is -2.00. The van der Waals surface area contributed by atoms with Crippen molar-refractivity contribution >= 4 is 23.2 Å². The van der Waals surface area contributed by atoms with Gasteiger partial charge in [0.2, 0.25) is 5.91 Å². The molecule has 0 saturated carbocycles. The fourth-order valence-electron chi connectivity index (χ4n) is 2.59. The third-order valence-electron chi connectivity index (χ3n) is 4.06. The second kappa shape index (κ2) is 8.74. The van der Waals surface area contributed by atoms with E-state index in [0.29, 0.717) is 19.5 Å². The van der Waals surface area contributed by atoms with Crippen LogP contribution in [0, 0.1) is 6.92 Å². The highest BCUT2D eigenvalue weighted by Crippen LogP contribution is 2.22. The zero-order valence-corrected chi connectivity index (χ0v) is 15.3. The first kappa shape index (κ1) is 18.3. The lowest BCUT2D eigenvalue weighted by Gasteiger charge is -2.27. The van der Waals surface area contributed by atoms with Crippen LogP contribution in [0.25, 0.3) is 0 Å². The van der Waals surface area contributed by atoms with Gasteiger partial charge in [0.05, 0.1) is 0 Å². The van der Waals surface area contributed by atoms with Crippen LogP contribution in [0.2, 0.25) is 5.02 Å².